The molecule has 3 N–H and O–H groups in total. The van der Waals surface area contributed by atoms with Crippen LogP contribution in [0.4, 0.5) is 0 Å². The van der Waals surface area contributed by atoms with E-state index in [-0.39, 0.29) is 11.7 Å². The number of nitrogens with two attached hydrogens (primary N) is 1. The first-order valence-corrected chi connectivity index (χ1v) is 8.67. The minimum atomic E-state index is 0.208. The van der Waals surface area contributed by atoms with E-state index in [2.05, 4.69) is 22.1 Å². The van der Waals surface area contributed by atoms with Crippen LogP contribution in [0.25, 0.3) is 11.3 Å². The van der Waals surface area contributed by atoms with Crippen LogP contribution in [-0.2, 0) is 12.8 Å². The Balaban J connectivity index is 1.85. The summed E-state index contributed by atoms with van der Waals surface area (Å²) < 4.78 is 0. The van der Waals surface area contributed by atoms with Crippen molar-refractivity contribution >= 4 is 5.78 Å². The van der Waals surface area contributed by atoms with E-state index in [1.165, 1.54) is 5.56 Å². The lowest BCUT2D eigenvalue weighted by Crippen LogP contribution is -2.26. The standard InChI is InChI=1S/C21H21N3O/c22-13-15-11-18-20(19(25)12-15)17(10-14-4-2-1-3-5-14)21(24-18)16-6-8-23-9-7-16/h1-9,15,24H,10-13,22H2. The number of hydrogen-bond acceptors (Lipinski definition) is 3. The molecule has 0 aliphatic heterocycles. The number of carbonyl (C=O) groups is 1. The molecule has 0 spiro atoms. The Hall–Kier alpha value is -2.72. The van der Waals surface area contributed by atoms with E-state index < -0.39 is 0 Å². The van der Waals surface area contributed by atoms with E-state index in [1.54, 1.807) is 12.4 Å². The molecule has 1 unspecified atom stereocenters. The molecule has 25 heavy (non-hydrogen) atoms. The predicted octanol–water partition coefficient (Wildman–Crippen LogP) is 3.37. The molecule has 1 aromatic carbocycles. The van der Waals surface area contributed by atoms with Crippen LogP contribution in [0.1, 0.15) is 33.6 Å². The molecule has 3 aromatic rings. The van der Waals surface area contributed by atoms with E-state index >= 15 is 0 Å². The molecular weight excluding hydrogens is 310 g/mol. The fourth-order valence-electron chi connectivity index (χ4n) is 3.72. The van der Waals surface area contributed by atoms with Crippen LogP contribution in [0.15, 0.2) is 54.9 Å². The Labute approximate surface area is 147 Å². The number of nitrogens with one attached hydrogen (secondary N) is 1. The van der Waals surface area contributed by atoms with Gasteiger partial charge in [-0.25, -0.2) is 0 Å². The number of carbonyl (C=O) groups excluding carboxylic acids is 1. The summed E-state index contributed by atoms with van der Waals surface area (Å²) in [5, 5.41) is 0. The predicted molar refractivity (Wildman–Crippen MR) is 98.5 cm³/mol. The second kappa shape index (κ2) is 6.65. The molecule has 0 amide bonds. The molecule has 0 saturated carbocycles. The summed E-state index contributed by atoms with van der Waals surface area (Å²) in [7, 11) is 0. The van der Waals surface area contributed by atoms with E-state index in [9.17, 15) is 4.79 Å². The van der Waals surface area contributed by atoms with Crippen molar-refractivity contribution in [1.29, 1.82) is 0 Å². The van der Waals surface area contributed by atoms with E-state index in [4.69, 9.17) is 5.73 Å². The van der Waals surface area contributed by atoms with Gasteiger partial charge in [-0.3, -0.25) is 9.78 Å². The van der Waals surface area contributed by atoms with Gasteiger partial charge in [-0.05, 0) is 42.1 Å². The van der Waals surface area contributed by atoms with Crippen molar-refractivity contribution in [3.05, 3.63) is 77.2 Å². The minimum Gasteiger partial charge on any atom is -0.358 e. The molecule has 0 saturated heterocycles. The molecular formula is C21H21N3O. The third-order valence-corrected chi connectivity index (χ3v) is 4.95. The number of H-pyrrole nitrogens is 1. The highest BCUT2D eigenvalue weighted by atomic mass is 16.1. The van der Waals surface area contributed by atoms with E-state index in [0.717, 1.165) is 40.9 Å². The highest BCUT2D eigenvalue weighted by Gasteiger charge is 2.30. The number of nitrogens with zero attached hydrogens (tertiary/aromatic N) is 1. The summed E-state index contributed by atoms with van der Waals surface area (Å²) in [6, 6.07) is 14.3. The van der Waals surface area contributed by atoms with Gasteiger partial charge in [-0.1, -0.05) is 30.3 Å². The second-order valence-electron chi connectivity index (χ2n) is 6.66. The number of benzene rings is 1. The molecule has 2 heterocycles. The summed E-state index contributed by atoms with van der Waals surface area (Å²) in [4.78, 5) is 20.5. The van der Waals surface area contributed by atoms with Crippen LogP contribution < -0.4 is 5.73 Å². The largest absolute Gasteiger partial charge is 0.358 e. The molecule has 4 nitrogen and oxygen atoms in total. The molecule has 4 heteroatoms. The molecule has 0 radical (unpaired) electrons. The van der Waals surface area contributed by atoms with Gasteiger partial charge >= 0.3 is 0 Å². The third-order valence-electron chi connectivity index (χ3n) is 4.95. The summed E-state index contributed by atoms with van der Waals surface area (Å²) in [5.74, 6) is 0.438. The van der Waals surface area contributed by atoms with Crippen LogP contribution in [-0.4, -0.2) is 22.3 Å². The number of pyridine rings is 1. The first-order chi connectivity index (χ1) is 12.3. The normalized spacial score (nSPS) is 16.7. The summed E-state index contributed by atoms with van der Waals surface area (Å²) in [5.41, 5.74) is 12.1. The summed E-state index contributed by atoms with van der Waals surface area (Å²) in [6.45, 7) is 0.544. The highest BCUT2D eigenvalue weighted by Crippen LogP contribution is 2.35. The average molecular weight is 331 g/mol. The van der Waals surface area contributed by atoms with Crippen molar-refractivity contribution in [3.63, 3.8) is 0 Å². The first-order valence-electron chi connectivity index (χ1n) is 8.67. The van der Waals surface area contributed by atoms with Crippen molar-refractivity contribution < 1.29 is 4.79 Å². The fraction of sp³-hybridized carbons (Fsp3) is 0.238. The number of hydrogen-bond donors (Lipinski definition) is 2. The van der Waals surface area contributed by atoms with Gasteiger partial charge < -0.3 is 10.7 Å². The lowest BCUT2D eigenvalue weighted by molar-refractivity contribution is 0.0949. The maximum atomic E-state index is 12.8. The molecule has 0 bridgehead atoms. The topological polar surface area (TPSA) is 71.8 Å². The van der Waals surface area contributed by atoms with Crippen LogP contribution in [0.2, 0.25) is 0 Å². The van der Waals surface area contributed by atoms with Gasteiger partial charge in [0.1, 0.15) is 0 Å². The smallest absolute Gasteiger partial charge is 0.165 e. The van der Waals surface area contributed by atoms with Gasteiger partial charge in [0, 0.05) is 42.1 Å². The van der Waals surface area contributed by atoms with Crippen molar-refractivity contribution in [3.8, 4) is 11.3 Å². The van der Waals surface area contributed by atoms with Gasteiger partial charge in [0.15, 0.2) is 5.78 Å². The number of Topliss-reactive ketones (excluding diaryl/α,β-unsaturated/α-hetero) is 1. The quantitative estimate of drug-likeness (QED) is 0.770. The number of fused-ring (bicyclic) bond motifs is 1. The van der Waals surface area contributed by atoms with Gasteiger partial charge in [-0.15, -0.1) is 0 Å². The average Bonchev–Trinajstić information content (AvgIpc) is 3.02. The maximum absolute atomic E-state index is 12.8. The molecule has 4 rings (SSSR count). The zero-order valence-corrected chi connectivity index (χ0v) is 14.0. The molecule has 126 valence electrons. The number of aromatic amines is 1. The Bertz CT molecular complexity index is 884. The number of aromatic nitrogens is 2. The summed E-state index contributed by atoms with van der Waals surface area (Å²) in [6.07, 6.45) is 5.69. The molecule has 1 aliphatic rings. The highest BCUT2D eigenvalue weighted by molar-refractivity contribution is 6.01. The van der Waals surface area contributed by atoms with Crippen molar-refractivity contribution in [2.45, 2.75) is 19.3 Å². The Morgan fingerprint density at radius 3 is 2.56 bits per heavy atom. The maximum Gasteiger partial charge on any atom is 0.165 e. The second-order valence-corrected chi connectivity index (χ2v) is 6.66. The summed E-state index contributed by atoms with van der Waals surface area (Å²) >= 11 is 0. The first kappa shape index (κ1) is 15.8. The Morgan fingerprint density at radius 1 is 1.08 bits per heavy atom. The van der Waals surface area contributed by atoms with Crippen molar-refractivity contribution in [1.82, 2.24) is 9.97 Å². The van der Waals surface area contributed by atoms with Crippen molar-refractivity contribution in [2.75, 3.05) is 6.54 Å². The van der Waals surface area contributed by atoms with Crippen LogP contribution in [0.5, 0.6) is 0 Å². The van der Waals surface area contributed by atoms with E-state index in [0.29, 0.717) is 13.0 Å². The minimum absolute atomic E-state index is 0.208. The SMILES string of the molecule is NCC1CC(=O)c2c([nH]c(-c3ccncc3)c2Cc2ccccc2)C1. The Morgan fingerprint density at radius 2 is 1.84 bits per heavy atom. The van der Waals surface area contributed by atoms with Gasteiger partial charge in [0.25, 0.3) is 0 Å². The fourth-order valence-corrected chi connectivity index (χ4v) is 3.72. The third kappa shape index (κ3) is 3.01. The van der Waals surface area contributed by atoms with Gasteiger partial charge in [-0.2, -0.15) is 0 Å². The van der Waals surface area contributed by atoms with Crippen LogP contribution in [0.3, 0.4) is 0 Å². The molecule has 1 atom stereocenters. The van der Waals surface area contributed by atoms with Gasteiger partial charge in [0.2, 0.25) is 0 Å². The van der Waals surface area contributed by atoms with Crippen LogP contribution in [0, 0.1) is 5.92 Å². The molecule has 1 aliphatic carbocycles. The Kier molecular flexibility index (Phi) is 4.20. The van der Waals surface area contributed by atoms with Crippen molar-refractivity contribution in [2.24, 2.45) is 11.7 Å². The molecule has 0 fully saturated rings. The lowest BCUT2D eigenvalue weighted by Gasteiger charge is -2.20. The van der Waals surface area contributed by atoms with Gasteiger partial charge in [0.05, 0.1) is 5.69 Å². The zero-order chi connectivity index (χ0) is 17.2. The monoisotopic (exact) mass is 331 g/mol. The zero-order valence-electron chi connectivity index (χ0n) is 14.0. The van der Waals surface area contributed by atoms with Crippen LogP contribution >= 0.6 is 0 Å². The number of ketones is 1. The van der Waals surface area contributed by atoms with E-state index in [1.807, 2.05) is 30.3 Å². The molecule has 2 aromatic heterocycles. The number of rotatable bonds is 4. The lowest BCUT2D eigenvalue weighted by atomic mass is 9.84.